The standard InChI is InChI=1S/C23H25ClN4O5S/c1-22(2,3)32-20(29)28(21(30)33-23(4,5)6)19-27-16(14-10-8-7-9-11-14)17(34-19)31-15-12-13-25-18(24)26-15/h7-13H,1-6H3. The first-order valence-electron chi connectivity index (χ1n) is 10.3. The Labute approximate surface area is 206 Å². The lowest BCUT2D eigenvalue weighted by Crippen LogP contribution is -2.43. The molecule has 1 aromatic carbocycles. The molecule has 0 bridgehead atoms. The number of hydrogen-bond donors (Lipinski definition) is 0. The third-order valence-corrected chi connectivity index (χ3v) is 4.87. The highest BCUT2D eigenvalue weighted by Gasteiger charge is 2.36. The summed E-state index contributed by atoms with van der Waals surface area (Å²) in [7, 11) is 0. The van der Waals surface area contributed by atoms with E-state index in [4.69, 9.17) is 25.8 Å². The highest BCUT2D eigenvalue weighted by atomic mass is 35.5. The molecule has 0 spiro atoms. The minimum atomic E-state index is -0.924. The molecule has 0 fully saturated rings. The Balaban J connectivity index is 2.10. The van der Waals surface area contributed by atoms with E-state index >= 15 is 0 Å². The number of amides is 2. The molecule has 0 saturated heterocycles. The molecule has 0 aliphatic rings. The van der Waals surface area contributed by atoms with Crippen LogP contribution in [0.3, 0.4) is 0 Å². The van der Waals surface area contributed by atoms with Crippen LogP contribution in [0, 0.1) is 0 Å². The van der Waals surface area contributed by atoms with Crippen molar-refractivity contribution in [3.05, 3.63) is 47.9 Å². The molecule has 2 heterocycles. The van der Waals surface area contributed by atoms with Gasteiger partial charge in [0.2, 0.25) is 21.4 Å². The molecule has 0 atom stereocenters. The average Bonchev–Trinajstić information content (AvgIpc) is 3.09. The van der Waals surface area contributed by atoms with E-state index in [9.17, 15) is 9.59 Å². The number of benzene rings is 1. The normalized spacial score (nSPS) is 11.6. The van der Waals surface area contributed by atoms with Crippen LogP contribution < -0.4 is 9.64 Å². The summed E-state index contributed by atoms with van der Waals surface area (Å²) in [6.45, 7) is 10.2. The van der Waals surface area contributed by atoms with E-state index in [-0.39, 0.29) is 21.4 Å². The van der Waals surface area contributed by atoms with E-state index in [1.54, 1.807) is 41.5 Å². The van der Waals surface area contributed by atoms with E-state index < -0.39 is 23.4 Å². The average molecular weight is 505 g/mol. The summed E-state index contributed by atoms with van der Waals surface area (Å²) in [6.07, 6.45) is -0.402. The Morgan fingerprint density at radius 3 is 2.03 bits per heavy atom. The largest absolute Gasteiger partial charge is 0.443 e. The van der Waals surface area contributed by atoms with Gasteiger partial charge in [0.15, 0.2) is 0 Å². The van der Waals surface area contributed by atoms with Gasteiger partial charge in [-0.3, -0.25) is 0 Å². The molecule has 3 rings (SSSR count). The first kappa shape index (κ1) is 25.4. The van der Waals surface area contributed by atoms with Crippen LogP contribution in [0.15, 0.2) is 42.6 Å². The molecule has 9 nitrogen and oxygen atoms in total. The lowest BCUT2D eigenvalue weighted by atomic mass is 10.2. The van der Waals surface area contributed by atoms with Gasteiger partial charge in [0.1, 0.15) is 16.9 Å². The molecular weight excluding hydrogens is 480 g/mol. The maximum absolute atomic E-state index is 13.0. The van der Waals surface area contributed by atoms with Gasteiger partial charge in [-0.05, 0) is 53.1 Å². The van der Waals surface area contributed by atoms with Crippen molar-refractivity contribution in [1.29, 1.82) is 0 Å². The summed E-state index contributed by atoms with van der Waals surface area (Å²) >= 11 is 6.84. The Morgan fingerprint density at radius 1 is 0.912 bits per heavy atom. The maximum Gasteiger partial charge on any atom is 0.426 e. The van der Waals surface area contributed by atoms with E-state index in [1.807, 2.05) is 30.3 Å². The number of ether oxygens (including phenoxy) is 3. The zero-order chi connectivity index (χ0) is 25.1. The number of imide groups is 1. The van der Waals surface area contributed by atoms with Gasteiger partial charge in [-0.15, -0.1) is 0 Å². The van der Waals surface area contributed by atoms with Crippen molar-refractivity contribution in [3.8, 4) is 22.2 Å². The summed E-state index contributed by atoms with van der Waals surface area (Å²) in [5.74, 6) is 0.175. The van der Waals surface area contributed by atoms with Crippen molar-refractivity contribution in [2.45, 2.75) is 52.7 Å². The molecule has 0 aliphatic carbocycles. The van der Waals surface area contributed by atoms with Gasteiger partial charge >= 0.3 is 12.2 Å². The molecule has 2 amide bonds. The van der Waals surface area contributed by atoms with Gasteiger partial charge < -0.3 is 14.2 Å². The quantitative estimate of drug-likeness (QED) is 0.360. The van der Waals surface area contributed by atoms with Gasteiger partial charge in [-0.2, -0.15) is 9.88 Å². The van der Waals surface area contributed by atoms with Crippen LogP contribution in [-0.2, 0) is 9.47 Å². The SMILES string of the molecule is CC(C)(C)OC(=O)N(C(=O)OC(C)(C)C)c1nc(-c2ccccc2)c(Oc2ccnc(Cl)n2)s1. The van der Waals surface area contributed by atoms with Crippen LogP contribution in [-0.4, -0.2) is 38.3 Å². The zero-order valence-electron chi connectivity index (χ0n) is 19.7. The van der Waals surface area contributed by atoms with Gasteiger partial charge in [-0.1, -0.05) is 41.7 Å². The van der Waals surface area contributed by atoms with Crippen LogP contribution in [0.25, 0.3) is 11.3 Å². The number of carbonyl (C=O) groups is 2. The van der Waals surface area contributed by atoms with Crippen LogP contribution in [0.1, 0.15) is 41.5 Å². The van der Waals surface area contributed by atoms with Crippen molar-refractivity contribution in [2.75, 3.05) is 4.90 Å². The van der Waals surface area contributed by atoms with Gasteiger partial charge in [-0.25, -0.2) is 19.6 Å². The van der Waals surface area contributed by atoms with Gasteiger partial charge in [0, 0.05) is 17.8 Å². The molecule has 2 aromatic heterocycles. The lowest BCUT2D eigenvalue weighted by molar-refractivity contribution is 0.0430. The maximum atomic E-state index is 13.0. The second-order valence-corrected chi connectivity index (χ2v) is 10.3. The molecular formula is C23H25ClN4O5S. The number of anilines is 1. The molecule has 0 aliphatic heterocycles. The number of halogens is 1. The van der Waals surface area contributed by atoms with Crippen LogP contribution in [0.4, 0.5) is 14.7 Å². The van der Waals surface area contributed by atoms with Crippen molar-refractivity contribution in [2.24, 2.45) is 0 Å². The number of thiazole rings is 1. The summed E-state index contributed by atoms with van der Waals surface area (Å²) in [4.78, 5) is 39.3. The fourth-order valence-corrected chi connectivity index (χ4v) is 3.63. The number of carbonyl (C=O) groups excluding carboxylic acids is 2. The summed E-state index contributed by atoms with van der Waals surface area (Å²) in [5, 5.41) is 0.304. The smallest absolute Gasteiger partial charge is 0.426 e. The van der Waals surface area contributed by atoms with E-state index in [1.165, 1.54) is 12.3 Å². The van der Waals surface area contributed by atoms with E-state index in [0.717, 1.165) is 16.2 Å². The van der Waals surface area contributed by atoms with Crippen LogP contribution in [0.5, 0.6) is 10.9 Å². The van der Waals surface area contributed by atoms with Crippen LogP contribution in [0.2, 0.25) is 5.28 Å². The highest BCUT2D eigenvalue weighted by Crippen LogP contribution is 2.42. The number of nitrogens with zero attached hydrogens (tertiary/aromatic N) is 4. The summed E-state index contributed by atoms with van der Waals surface area (Å²) < 4.78 is 16.8. The third-order valence-electron chi connectivity index (χ3n) is 3.77. The van der Waals surface area contributed by atoms with Crippen molar-refractivity contribution < 1.29 is 23.8 Å². The van der Waals surface area contributed by atoms with E-state index in [2.05, 4.69) is 15.0 Å². The first-order chi connectivity index (χ1) is 15.8. The Hall–Kier alpha value is -3.24. The van der Waals surface area contributed by atoms with Gasteiger partial charge in [0.05, 0.1) is 0 Å². The summed E-state index contributed by atoms with van der Waals surface area (Å²) in [5.41, 5.74) is -0.608. The molecule has 34 heavy (non-hydrogen) atoms. The molecule has 3 aromatic rings. The fourth-order valence-electron chi connectivity index (χ4n) is 2.56. The molecule has 0 radical (unpaired) electrons. The minimum absolute atomic E-state index is 0.00707. The number of rotatable bonds is 4. The number of aromatic nitrogens is 3. The second-order valence-electron chi connectivity index (χ2n) is 9.06. The predicted molar refractivity (Wildman–Crippen MR) is 130 cm³/mol. The second kappa shape index (κ2) is 9.94. The third kappa shape index (κ3) is 6.88. The van der Waals surface area contributed by atoms with Gasteiger partial charge in [0.25, 0.3) is 0 Å². The first-order valence-corrected chi connectivity index (χ1v) is 11.5. The van der Waals surface area contributed by atoms with Crippen molar-refractivity contribution in [3.63, 3.8) is 0 Å². The topological polar surface area (TPSA) is 104 Å². The lowest BCUT2D eigenvalue weighted by Gasteiger charge is -2.27. The Morgan fingerprint density at radius 2 is 1.50 bits per heavy atom. The van der Waals surface area contributed by atoms with Crippen molar-refractivity contribution in [1.82, 2.24) is 15.0 Å². The molecule has 180 valence electrons. The Kier molecular flexibility index (Phi) is 7.42. The molecule has 11 heteroatoms. The highest BCUT2D eigenvalue weighted by molar-refractivity contribution is 7.18. The summed E-state index contributed by atoms with van der Waals surface area (Å²) in [6, 6.07) is 10.7. The molecule has 0 unspecified atom stereocenters. The Bertz CT molecular complexity index is 1140. The minimum Gasteiger partial charge on any atom is -0.443 e. The monoisotopic (exact) mass is 504 g/mol. The molecule has 0 saturated carbocycles. The zero-order valence-corrected chi connectivity index (χ0v) is 21.2. The molecule has 0 N–H and O–H groups in total. The van der Waals surface area contributed by atoms with Crippen LogP contribution >= 0.6 is 22.9 Å². The van der Waals surface area contributed by atoms with E-state index in [0.29, 0.717) is 11.3 Å². The van der Waals surface area contributed by atoms with Crippen molar-refractivity contribution >= 4 is 40.3 Å². The fraction of sp³-hybridized carbons (Fsp3) is 0.348. The predicted octanol–water partition coefficient (Wildman–Crippen LogP) is 6.72. The number of hydrogen-bond acceptors (Lipinski definition) is 9.